The number of halogens is 1. The maximum Gasteiger partial charge on any atom is 0.254 e. The smallest absolute Gasteiger partial charge is 0.254 e. The third kappa shape index (κ3) is 7.17. The van der Waals surface area contributed by atoms with E-state index >= 15 is 0 Å². The first-order valence-electron chi connectivity index (χ1n) is 11.7. The molecule has 3 aromatic rings. The summed E-state index contributed by atoms with van der Waals surface area (Å²) in [5, 5.41) is 0. The van der Waals surface area contributed by atoms with Gasteiger partial charge in [0.2, 0.25) is 0 Å². The van der Waals surface area contributed by atoms with Crippen molar-refractivity contribution < 1.29 is 14.3 Å². The molecular formula is C30H31ClN2O3. The number of piperidine rings is 1. The van der Waals surface area contributed by atoms with Gasteiger partial charge in [0.1, 0.15) is 12.4 Å². The molecule has 1 heterocycles. The van der Waals surface area contributed by atoms with Crippen molar-refractivity contribution in [2.24, 2.45) is 0 Å². The van der Waals surface area contributed by atoms with Crippen molar-refractivity contribution >= 4 is 36.2 Å². The lowest BCUT2D eigenvalue weighted by Crippen LogP contribution is -2.41. The van der Waals surface area contributed by atoms with Crippen molar-refractivity contribution in [1.29, 1.82) is 0 Å². The zero-order valence-corrected chi connectivity index (χ0v) is 21.4. The number of benzene rings is 3. The van der Waals surface area contributed by atoms with Gasteiger partial charge in [-0.15, -0.1) is 12.4 Å². The molecule has 1 amide bonds. The Hall–Kier alpha value is -3.67. The van der Waals surface area contributed by atoms with E-state index in [4.69, 9.17) is 4.74 Å². The number of hydrogen-bond acceptors (Lipinski definition) is 4. The fourth-order valence-corrected chi connectivity index (χ4v) is 3.91. The number of ketones is 1. The average Bonchev–Trinajstić information content (AvgIpc) is 2.87. The van der Waals surface area contributed by atoms with Gasteiger partial charge in [-0.1, -0.05) is 60.7 Å². The summed E-state index contributed by atoms with van der Waals surface area (Å²) < 4.78 is 5.75. The monoisotopic (exact) mass is 502 g/mol. The molecule has 0 saturated carbocycles. The Balaban J connectivity index is 0.00000361. The number of hydrogen-bond donors (Lipinski definition) is 0. The number of ether oxygens (including phenoxy) is 1. The van der Waals surface area contributed by atoms with E-state index in [0.717, 1.165) is 23.4 Å². The van der Waals surface area contributed by atoms with Gasteiger partial charge < -0.3 is 14.5 Å². The second-order valence-electron chi connectivity index (χ2n) is 8.83. The van der Waals surface area contributed by atoms with E-state index in [9.17, 15) is 9.59 Å². The highest BCUT2D eigenvalue weighted by Gasteiger charge is 2.29. The van der Waals surface area contributed by atoms with Gasteiger partial charge in [-0.25, -0.2) is 0 Å². The number of carbonyl (C=O) groups excluding carboxylic acids is 2. The predicted octanol–water partition coefficient (Wildman–Crippen LogP) is 5.24. The summed E-state index contributed by atoms with van der Waals surface area (Å²) in [5.41, 5.74) is 3.63. The second-order valence-corrected chi connectivity index (χ2v) is 8.83. The van der Waals surface area contributed by atoms with Gasteiger partial charge >= 0.3 is 0 Å². The summed E-state index contributed by atoms with van der Waals surface area (Å²) in [6.45, 7) is 1.92. The van der Waals surface area contributed by atoms with Crippen LogP contribution in [0, 0.1) is 0 Å². The van der Waals surface area contributed by atoms with Crippen LogP contribution < -0.4 is 4.74 Å². The van der Waals surface area contributed by atoms with Crippen molar-refractivity contribution in [1.82, 2.24) is 9.80 Å². The summed E-state index contributed by atoms with van der Waals surface area (Å²) in [6, 6.07) is 26.6. The molecule has 5 nitrogen and oxygen atoms in total. The van der Waals surface area contributed by atoms with Crippen LogP contribution in [-0.2, 0) is 4.79 Å². The molecule has 6 heteroatoms. The van der Waals surface area contributed by atoms with Crippen molar-refractivity contribution in [2.45, 2.75) is 0 Å². The van der Waals surface area contributed by atoms with Gasteiger partial charge in [0.25, 0.3) is 5.91 Å². The minimum Gasteiger partial charge on any atom is -0.492 e. The van der Waals surface area contributed by atoms with Crippen LogP contribution in [0.25, 0.3) is 12.2 Å². The summed E-state index contributed by atoms with van der Waals surface area (Å²) in [7, 11) is 3.99. The van der Waals surface area contributed by atoms with E-state index in [1.807, 2.05) is 99.0 Å². The standard InChI is InChI=1S/C30H30N2O3.ClH/c1-31(2)17-18-35-28-15-13-25(14-16-28)30(34)32-21-26(19-23-9-5-3-6-10-23)29(33)27(22-32)20-24-11-7-4-8-12-24;/h3-16,19-20H,17-18,21-22H2,1-2H3;1H/b26-19+,27-20+;. The van der Waals surface area contributed by atoms with Crippen LogP contribution >= 0.6 is 12.4 Å². The minimum absolute atomic E-state index is 0. The molecule has 0 N–H and O–H groups in total. The third-order valence-electron chi connectivity index (χ3n) is 5.78. The lowest BCUT2D eigenvalue weighted by molar-refractivity contribution is -0.113. The zero-order valence-electron chi connectivity index (χ0n) is 20.6. The first kappa shape index (κ1) is 26.9. The molecule has 0 radical (unpaired) electrons. The van der Waals surface area contributed by atoms with Crippen molar-refractivity contribution in [3.63, 3.8) is 0 Å². The zero-order chi connectivity index (χ0) is 24.6. The molecule has 0 unspecified atom stereocenters. The Kier molecular flexibility index (Phi) is 9.62. The number of nitrogens with zero attached hydrogens (tertiary/aromatic N) is 2. The van der Waals surface area contributed by atoms with Gasteiger partial charge in [0.15, 0.2) is 5.78 Å². The van der Waals surface area contributed by atoms with Crippen LogP contribution in [0.5, 0.6) is 5.75 Å². The number of amides is 1. The minimum atomic E-state index is -0.115. The van der Waals surface area contributed by atoms with Crippen molar-refractivity contribution in [3.8, 4) is 5.75 Å². The van der Waals surface area contributed by atoms with Gasteiger partial charge in [-0.2, -0.15) is 0 Å². The fourth-order valence-electron chi connectivity index (χ4n) is 3.91. The number of carbonyl (C=O) groups is 2. The highest BCUT2D eigenvalue weighted by atomic mass is 35.5. The van der Waals surface area contributed by atoms with Crippen LogP contribution in [0.15, 0.2) is 96.1 Å². The number of rotatable bonds is 7. The van der Waals surface area contributed by atoms with Crippen LogP contribution in [0.3, 0.4) is 0 Å². The molecule has 1 aliphatic rings. The number of likely N-dealkylation sites (tertiary alicyclic amines) is 1. The molecular weight excluding hydrogens is 472 g/mol. The summed E-state index contributed by atoms with van der Waals surface area (Å²) >= 11 is 0. The predicted molar refractivity (Wildman–Crippen MR) is 147 cm³/mol. The molecule has 0 atom stereocenters. The van der Waals surface area contributed by atoms with Crippen LogP contribution in [0.2, 0.25) is 0 Å². The molecule has 0 bridgehead atoms. The largest absolute Gasteiger partial charge is 0.492 e. The highest BCUT2D eigenvalue weighted by molar-refractivity contribution is 6.15. The summed E-state index contributed by atoms with van der Waals surface area (Å²) in [5.74, 6) is 0.591. The van der Waals surface area contributed by atoms with Gasteiger partial charge in [0, 0.05) is 23.3 Å². The van der Waals surface area contributed by atoms with Crippen LogP contribution in [0.1, 0.15) is 21.5 Å². The SMILES string of the molecule is CN(C)CCOc1ccc(C(=O)N2C/C(=C\c3ccccc3)C(=O)/C(=C/c3ccccc3)C2)cc1.Cl. The lowest BCUT2D eigenvalue weighted by Gasteiger charge is -2.30. The van der Waals surface area contributed by atoms with E-state index < -0.39 is 0 Å². The molecule has 36 heavy (non-hydrogen) atoms. The lowest BCUT2D eigenvalue weighted by atomic mass is 9.93. The maximum absolute atomic E-state index is 13.4. The normalized spacial score (nSPS) is 15.8. The third-order valence-corrected chi connectivity index (χ3v) is 5.78. The number of Topliss-reactive ketones (excluding diaryl/α,β-unsaturated/α-hetero) is 1. The summed E-state index contributed by atoms with van der Waals surface area (Å²) in [4.78, 5) is 30.5. The van der Waals surface area contributed by atoms with E-state index in [0.29, 0.717) is 23.3 Å². The highest BCUT2D eigenvalue weighted by Crippen LogP contribution is 2.24. The quantitative estimate of drug-likeness (QED) is 0.414. The Morgan fingerprint density at radius 1 is 0.833 bits per heavy atom. The first-order chi connectivity index (χ1) is 17.0. The van der Waals surface area contributed by atoms with Gasteiger partial charge in [-0.3, -0.25) is 9.59 Å². The molecule has 4 rings (SSSR count). The Labute approximate surface area is 219 Å². The Morgan fingerprint density at radius 2 is 1.33 bits per heavy atom. The molecule has 1 fully saturated rings. The summed E-state index contributed by atoms with van der Waals surface area (Å²) in [6.07, 6.45) is 3.75. The maximum atomic E-state index is 13.4. The topological polar surface area (TPSA) is 49.9 Å². The molecule has 3 aromatic carbocycles. The van der Waals surface area contributed by atoms with E-state index in [1.165, 1.54) is 0 Å². The first-order valence-corrected chi connectivity index (χ1v) is 11.7. The molecule has 186 valence electrons. The van der Waals surface area contributed by atoms with Gasteiger partial charge in [-0.05, 0) is 61.6 Å². The number of likely N-dealkylation sites (N-methyl/N-ethyl adjacent to an activating group) is 1. The Morgan fingerprint density at radius 3 is 1.81 bits per heavy atom. The average molecular weight is 503 g/mol. The molecule has 0 spiro atoms. The fraction of sp³-hybridized carbons (Fsp3) is 0.200. The Bertz CT molecular complexity index is 1160. The molecule has 1 saturated heterocycles. The second kappa shape index (κ2) is 12.9. The van der Waals surface area contributed by atoms with E-state index in [2.05, 4.69) is 4.90 Å². The molecule has 0 aromatic heterocycles. The van der Waals surface area contributed by atoms with Crippen molar-refractivity contribution in [3.05, 3.63) is 113 Å². The van der Waals surface area contributed by atoms with Gasteiger partial charge in [0.05, 0.1) is 13.1 Å². The van der Waals surface area contributed by atoms with Crippen molar-refractivity contribution in [2.75, 3.05) is 40.3 Å². The van der Waals surface area contributed by atoms with E-state index in [1.54, 1.807) is 17.0 Å². The van der Waals surface area contributed by atoms with Crippen LogP contribution in [-0.4, -0.2) is 61.8 Å². The molecule has 1 aliphatic heterocycles. The van der Waals surface area contributed by atoms with Crippen LogP contribution in [0.4, 0.5) is 0 Å². The molecule has 0 aliphatic carbocycles. The van der Waals surface area contributed by atoms with E-state index in [-0.39, 0.29) is 37.2 Å².